The van der Waals surface area contributed by atoms with E-state index >= 15 is 0 Å². The highest BCUT2D eigenvalue weighted by atomic mass is 16.8. The second kappa shape index (κ2) is 34.2. The summed E-state index contributed by atoms with van der Waals surface area (Å²) in [5.41, 5.74) is -2.72. The molecule has 0 aromatic rings. The van der Waals surface area contributed by atoms with E-state index in [1.165, 1.54) is 13.8 Å². The number of hydrogen-bond acceptors (Lipinski definition) is 36. The number of ether oxygens (including phenoxy) is 14. The molecule has 107 heavy (non-hydrogen) atoms. The van der Waals surface area contributed by atoms with Crippen molar-refractivity contribution in [3.63, 3.8) is 0 Å². The van der Waals surface area contributed by atoms with Gasteiger partial charge >= 0.3 is 0 Å². The number of aliphatic hydroxyl groups excluding tert-OH is 21. The molecule has 0 radical (unpaired) electrons. The van der Waals surface area contributed by atoms with Crippen molar-refractivity contribution >= 4 is 0 Å². The summed E-state index contributed by atoms with van der Waals surface area (Å²) in [6.45, 7) is 11.4. The summed E-state index contributed by atoms with van der Waals surface area (Å²) in [5, 5.41) is 240. The highest BCUT2D eigenvalue weighted by molar-refractivity contribution is 5.32. The fraction of sp³-hybridized carbons (Fsp3) is 0.972. The van der Waals surface area contributed by atoms with Crippen molar-refractivity contribution < 1.29 is 179 Å². The zero-order chi connectivity index (χ0) is 78.2. The van der Waals surface area contributed by atoms with Gasteiger partial charge in [0.2, 0.25) is 0 Å². The fourth-order valence-corrected chi connectivity index (χ4v) is 19.6. The third-order valence-corrected chi connectivity index (χ3v) is 26.4. The zero-order valence-corrected chi connectivity index (χ0v) is 61.7. The molecule has 10 fully saturated rings. The standard InChI is InChI=1S/C71H120O36/c1-27(30-15-16-69(6)39-12-10-31-32(71(39,8)40(77)19-70(30,69)7)11-14-41(67(31,2)3)104-65-57(91)52(86)48(82)37(102-65)25-96-62-55(89)50(84)46(80)35(22-74)100-62)9-13-42(68(4,5)93)105-66-60(106-43-18-28(75)17-29(20-72)98-43)58(92)59(107-64-53(87)44(78)33(76)23-94-64)38(103-66)26-97-63-56(90)51(85)47(81)36(101-63)24-95-61-54(88)49(83)45(79)34(21-73)99-61/h10,27-30,32-66,72-93H,9,11-26H2,1-8H3/t27-,28+,29+,30?,32?,33-,34-,35-,36-,37-,38-,39?,40-,41+,42-,43+,44+,45-,46-,47-,48-,49+,50+,51+,52+,53-,54-,55-,56-,57-,58+,59-,60-,61+,62+,63+,64-,65+,66+,69+,70-,71+/m1/s1. The molecule has 11 rings (SSSR count). The van der Waals surface area contributed by atoms with Gasteiger partial charge in [-0.3, -0.25) is 0 Å². The molecule has 42 atom stereocenters. The quantitative estimate of drug-likeness (QED) is 0.0378. The normalized spacial score (nSPS) is 51.7. The smallest absolute Gasteiger partial charge is 0.187 e. The predicted molar refractivity (Wildman–Crippen MR) is 357 cm³/mol. The first-order valence-electron chi connectivity index (χ1n) is 37.8. The van der Waals surface area contributed by atoms with E-state index in [1.54, 1.807) is 0 Å². The monoisotopic (exact) mass is 1550 g/mol. The van der Waals surface area contributed by atoms with Crippen LogP contribution in [0.2, 0.25) is 0 Å². The maximum atomic E-state index is 13.0. The van der Waals surface area contributed by atoms with Gasteiger partial charge in [-0.25, -0.2) is 0 Å². The summed E-state index contributed by atoms with van der Waals surface area (Å²) >= 11 is 0. The van der Waals surface area contributed by atoms with Gasteiger partial charge in [0.25, 0.3) is 0 Å². The summed E-state index contributed by atoms with van der Waals surface area (Å²) in [5.74, 6) is -0.180. The van der Waals surface area contributed by atoms with E-state index in [9.17, 15) is 112 Å². The van der Waals surface area contributed by atoms with Crippen LogP contribution in [-0.2, 0) is 66.3 Å². The molecule has 11 aliphatic rings. The van der Waals surface area contributed by atoms with E-state index in [0.29, 0.717) is 32.1 Å². The Hall–Kier alpha value is -1.70. The molecule has 0 spiro atoms. The third kappa shape index (κ3) is 16.7. The van der Waals surface area contributed by atoms with Crippen LogP contribution >= 0.6 is 0 Å². The van der Waals surface area contributed by atoms with Crippen molar-refractivity contribution in [2.75, 3.05) is 46.2 Å². The van der Waals surface area contributed by atoms with Crippen LogP contribution in [0.3, 0.4) is 0 Å². The van der Waals surface area contributed by atoms with Gasteiger partial charge in [-0.2, -0.15) is 0 Å². The minimum absolute atomic E-state index is 0.00632. The molecule has 7 aliphatic heterocycles. The van der Waals surface area contributed by atoms with E-state index in [-0.39, 0.29) is 48.3 Å². The molecule has 7 saturated heterocycles. The van der Waals surface area contributed by atoms with Crippen molar-refractivity contribution in [3.05, 3.63) is 11.6 Å². The summed E-state index contributed by atoms with van der Waals surface area (Å²) in [6.07, 6.45) is -49.2. The highest BCUT2D eigenvalue weighted by Crippen LogP contribution is 2.75. The first kappa shape index (κ1) is 86.2. The number of fused-ring (bicyclic) bond motifs is 5. The third-order valence-electron chi connectivity index (χ3n) is 26.4. The first-order chi connectivity index (χ1) is 50.2. The van der Waals surface area contributed by atoms with Gasteiger partial charge in [-0.05, 0) is 99.7 Å². The van der Waals surface area contributed by atoms with Crippen LogP contribution in [0, 0.1) is 45.3 Å². The van der Waals surface area contributed by atoms with Crippen LogP contribution in [0.5, 0.6) is 0 Å². The minimum Gasteiger partial charge on any atom is -0.394 e. The molecule has 0 amide bonds. The summed E-state index contributed by atoms with van der Waals surface area (Å²) in [4.78, 5) is 0. The maximum Gasteiger partial charge on any atom is 0.187 e. The Morgan fingerprint density at radius 3 is 1.54 bits per heavy atom. The molecule has 0 aromatic heterocycles. The average Bonchev–Trinajstić information content (AvgIpc) is 1.61. The lowest BCUT2D eigenvalue weighted by atomic mass is 9.38. The lowest BCUT2D eigenvalue weighted by Crippen LogP contribution is -2.66. The largest absolute Gasteiger partial charge is 0.394 e. The second-order valence-electron chi connectivity index (χ2n) is 33.7. The molecular formula is C71H120O36. The zero-order valence-electron chi connectivity index (χ0n) is 61.7. The Kier molecular flexibility index (Phi) is 27.6. The van der Waals surface area contributed by atoms with E-state index in [1.807, 2.05) is 13.8 Å². The maximum absolute atomic E-state index is 13.0. The topological polar surface area (TPSA) is 574 Å². The van der Waals surface area contributed by atoms with Crippen molar-refractivity contribution in [2.24, 2.45) is 45.3 Å². The molecule has 22 N–H and O–H groups in total. The van der Waals surface area contributed by atoms with Crippen LogP contribution in [-0.4, -0.2) is 379 Å². The molecular weight excluding hydrogens is 1430 g/mol. The summed E-state index contributed by atoms with van der Waals surface area (Å²) in [7, 11) is 0. The number of aliphatic hydroxyl groups is 22. The first-order valence-corrected chi connectivity index (χ1v) is 37.8. The number of hydrogen-bond donors (Lipinski definition) is 22. The van der Waals surface area contributed by atoms with E-state index < -0.39 is 283 Å². The molecule has 4 aliphatic carbocycles. The SMILES string of the molecule is C[C@H](CC[C@@H](O[C@@H]1O[C@H](CO[C@H]2O[C@H](CO[C@H]3O[C@H](CO)[C@@H](O)[C@H](O)[C@H]3O)[C@@H](O)[C@H](O)[C@H]2O)[C@@H](O[C@H]2OC[C@@H](O)[C@H](O)[C@H]2O)[C@H](O)[C@H]1O[C@H]1C[C@@H](O)C[C@@H](CO)O1)C(C)(C)O)C1CC[C@@]2(C)C3CC=C4C(CC[C@H](O[C@@H]5O[C@H](CO[C@H]6O[C@H](CO)[C@@H](O)[C@H](O)[C@H]6O)[C@@H](O)[C@H](O)[C@H]5O)C4(C)C)[C@]3(C)[C@H](O)C[C@]12C. The van der Waals surface area contributed by atoms with Crippen molar-refractivity contribution in [2.45, 2.75) is 340 Å². The van der Waals surface area contributed by atoms with Gasteiger partial charge in [0.1, 0.15) is 140 Å². The average molecular weight is 1550 g/mol. The molecule has 3 saturated carbocycles. The Bertz CT molecular complexity index is 2880. The molecule has 36 nitrogen and oxygen atoms in total. The Morgan fingerprint density at radius 1 is 0.495 bits per heavy atom. The van der Waals surface area contributed by atoms with Gasteiger partial charge in [0, 0.05) is 23.7 Å². The van der Waals surface area contributed by atoms with Crippen LogP contribution in [0.1, 0.15) is 120 Å². The van der Waals surface area contributed by atoms with Crippen LogP contribution in [0.4, 0.5) is 0 Å². The predicted octanol–water partition coefficient (Wildman–Crippen LogP) is -7.06. The molecule has 36 heteroatoms. The Labute approximate surface area is 620 Å². The lowest BCUT2D eigenvalue weighted by Gasteiger charge is -2.67. The summed E-state index contributed by atoms with van der Waals surface area (Å²) in [6, 6.07) is 0. The van der Waals surface area contributed by atoms with Crippen LogP contribution in [0.15, 0.2) is 11.6 Å². The minimum atomic E-state index is -2.02. The van der Waals surface area contributed by atoms with E-state index in [2.05, 4.69) is 33.8 Å². The molecule has 3 unspecified atom stereocenters. The van der Waals surface area contributed by atoms with Gasteiger partial charge in [-0.15, -0.1) is 0 Å². The van der Waals surface area contributed by atoms with Crippen molar-refractivity contribution in [3.8, 4) is 0 Å². The number of rotatable bonds is 25. The molecule has 0 bridgehead atoms. The lowest BCUT2D eigenvalue weighted by molar-refractivity contribution is -0.385. The van der Waals surface area contributed by atoms with Gasteiger partial charge < -0.3 is 179 Å². The van der Waals surface area contributed by atoms with Gasteiger partial charge in [-0.1, -0.05) is 53.2 Å². The Balaban J connectivity index is 0.796. The Morgan fingerprint density at radius 2 is 1.00 bits per heavy atom. The van der Waals surface area contributed by atoms with E-state index in [4.69, 9.17) is 66.3 Å². The molecule has 0 aromatic carbocycles. The van der Waals surface area contributed by atoms with Crippen molar-refractivity contribution in [1.29, 1.82) is 0 Å². The van der Waals surface area contributed by atoms with Crippen LogP contribution < -0.4 is 0 Å². The fourth-order valence-electron chi connectivity index (χ4n) is 19.6. The van der Waals surface area contributed by atoms with Crippen molar-refractivity contribution in [1.82, 2.24) is 0 Å². The van der Waals surface area contributed by atoms with E-state index in [0.717, 1.165) is 18.4 Å². The highest BCUT2D eigenvalue weighted by Gasteiger charge is 2.71. The molecule has 7 heterocycles. The van der Waals surface area contributed by atoms with Gasteiger partial charge in [0.15, 0.2) is 44.0 Å². The molecule has 620 valence electrons. The summed E-state index contributed by atoms with van der Waals surface area (Å²) < 4.78 is 84.7. The van der Waals surface area contributed by atoms with Gasteiger partial charge in [0.05, 0.1) is 82.4 Å². The second-order valence-corrected chi connectivity index (χ2v) is 33.7. The van der Waals surface area contributed by atoms with Crippen LogP contribution in [0.25, 0.3) is 0 Å². The number of allylic oxidation sites excluding steroid dienone is 1.